The molecule has 0 aliphatic heterocycles. The van der Waals surface area contributed by atoms with Crippen molar-refractivity contribution in [3.05, 3.63) is 0 Å². The first-order valence-corrected chi connectivity index (χ1v) is 2.94. The average molecular weight is 272 g/mol. The summed E-state index contributed by atoms with van der Waals surface area (Å²) in [6.07, 6.45) is -0.696. The maximum absolute atomic E-state index is 10.2. The minimum Gasteiger partial charge on any atom is -1.00 e. The normalized spacial score (nSPS) is 8.75. The van der Waals surface area contributed by atoms with Crippen molar-refractivity contribution < 1.29 is 149 Å². The van der Waals surface area contributed by atoms with Gasteiger partial charge in [-0.15, -0.1) is 0 Å². The number of rotatable bonds is 4. The van der Waals surface area contributed by atoms with Crippen LogP contribution in [0.3, 0.4) is 0 Å². The molecule has 0 saturated carbocycles. The summed E-state index contributed by atoms with van der Waals surface area (Å²) in [5.74, 6) is -2.76. The van der Waals surface area contributed by atoms with E-state index in [-0.39, 0.29) is 124 Å². The number of nitrogens with two attached hydrogens (primary N) is 1. The van der Waals surface area contributed by atoms with E-state index in [1.807, 2.05) is 0 Å². The van der Waals surface area contributed by atoms with Gasteiger partial charge in [-0.2, -0.15) is 0 Å². The van der Waals surface area contributed by atoms with Gasteiger partial charge in [0.25, 0.3) is 0 Å². The predicted octanol–water partition coefficient (Wildman–Crippen LogP) is -13.0. The number of hydrogen-bond donors (Lipinski definition) is 4. The van der Waals surface area contributed by atoms with Crippen LogP contribution in [-0.2, 0) is 9.59 Å². The molecule has 2 amide bonds. The van der Waals surface area contributed by atoms with Crippen LogP contribution in [0.2, 0.25) is 0 Å². The van der Waals surface area contributed by atoms with Gasteiger partial charge in [-0.1, -0.05) is 0 Å². The van der Waals surface area contributed by atoms with Crippen molar-refractivity contribution in [1.29, 1.82) is 0 Å². The van der Waals surface area contributed by atoms with Crippen LogP contribution in [0.4, 0.5) is 4.79 Å². The predicted molar refractivity (Wildman–Crippen MR) is 40.8 cm³/mol. The Morgan fingerprint density at radius 1 is 1.12 bits per heavy atom. The molecule has 7 nitrogen and oxygen atoms in total. The molecule has 5 N–H and O–H groups in total. The van der Waals surface area contributed by atoms with E-state index in [1.54, 1.807) is 5.32 Å². The van der Waals surface area contributed by atoms with Crippen molar-refractivity contribution >= 4 is 18.0 Å². The largest absolute Gasteiger partial charge is 1.00 e. The van der Waals surface area contributed by atoms with Crippen molar-refractivity contribution in [3.8, 4) is 0 Å². The average Bonchev–Trinajstić information content (AvgIpc) is 1.83. The third kappa shape index (κ3) is 18.6. The zero-order valence-electron chi connectivity index (χ0n) is 14.0. The Kier molecular flexibility index (Phi) is 33.2. The number of carbonyl (C=O) groups excluding carboxylic acids is 1. The van der Waals surface area contributed by atoms with Crippen LogP contribution in [0.5, 0.6) is 0 Å². The van der Waals surface area contributed by atoms with E-state index in [1.165, 1.54) is 0 Å². The fraction of sp³-hybridized carbons (Fsp3) is 0.400. The van der Waals surface area contributed by atoms with Crippen molar-refractivity contribution in [2.24, 2.45) is 5.73 Å². The molecule has 0 saturated heterocycles. The van der Waals surface area contributed by atoms with E-state index >= 15 is 0 Å². The minimum absolute atomic E-state index is 0. The molecule has 0 bridgehead atoms. The van der Waals surface area contributed by atoms with E-state index in [2.05, 4.69) is 5.73 Å². The van der Waals surface area contributed by atoms with Gasteiger partial charge in [0.1, 0.15) is 6.04 Å². The van der Waals surface area contributed by atoms with Crippen LogP contribution in [0.25, 0.3) is 0 Å². The minimum atomic E-state index is -1.47. The number of nitrogens with one attached hydrogen (secondary N) is 1. The second-order valence-corrected chi connectivity index (χ2v) is 2.00. The van der Waals surface area contributed by atoms with Crippen LogP contribution in [0.15, 0.2) is 0 Å². The maximum Gasteiger partial charge on any atom is 1.00 e. The summed E-state index contributed by atoms with van der Waals surface area (Å²) < 4.78 is 0. The Bertz CT molecular complexity index is 225. The summed E-state index contributed by atoms with van der Waals surface area (Å²) in [5, 5.41) is 18.3. The van der Waals surface area contributed by atoms with E-state index in [0.29, 0.717) is 0 Å². The van der Waals surface area contributed by atoms with Crippen LogP contribution in [0.1, 0.15) is 12.1 Å². The van der Waals surface area contributed by atoms with Gasteiger partial charge in [-0.25, -0.2) is 9.59 Å². The van der Waals surface area contributed by atoms with Crippen molar-refractivity contribution in [3.63, 3.8) is 0 Å². The van der Waals surface area contributed by atoms with Crippen molar-refractivity contribution in [1.82, 2.24) is 5.32 Å². The Morgan fingerprint density at radius 3 is 1.69 bits per heavy atom. The molecule has 16 heavy (non-hydrogen) atoms. The molecule has 0 aliphatic carbocycles. The van der Waals surface area contributed by atoms with Gasteiger partial charge in [0.05, 0.1) is 6.42 Å². The van der Waals surface area contributed by atoms with Gasteiger partial charge in [0.2, 0.25) is 0 Å². The number of amides is 2. The van der Waals surface area contributed by atoms with E-state index in [4.69, 9.17) is 10.2 Å². The Hall–Kier alpha value is 2.21. The van der Waals surface area contributed by atoms with E-state index < -0.39 is 30.4 Å². The number of primary amides is 1. The van der Waals surface area contributed by atoms with Crippen LogP contribution in [-0.4, -0.2) is 34.2 Å². The molecule has 0 aliphatic rings. The SMILES string of the molecule is NC(=O)NC(CC(=O)O)C(=O)O.[H-].[H-].[H-].[H-].[Na+].[Na+].[Na+].[Na+]. The molecule has 0 heterocycles. The number of hydrogen-bond acceptors (Lipinski definition) is 3. The van der Waals surface area contributed by atoms with Gasteiger partial charge in [0, 0.05) is 0 Å². The monoisotopic (exact) mass is 272 g/mol. The van der Waals surface area contributed by atoms with Gasteiger partial charge >= 0.3 is 136 Å². The molecule has 0 radical (unpaired) electrons. The third-order valence-electron chi connectivity index (χ3n) is 0.993. The maximum atomic E-state index is 10.2. The molecule has 0 aromatic rings. The van der Waals surface area contributed by atoms with E-state index in [0.717, 1.165) is 0 Å². The molecule has 0 aromatic heterocycles. The summed E-state index contributed by atoms with van der Waals surface area (Å²) in [7, 11) is 0. The Morgan fingerprint density at radius 2 is 1.50 bits per heavy atom. The number of carboxylic acid groups (broad SMARTS) is 2. The fourth-order valence-electron chi connectivity index (χ4n) is 0.546. The summed E-state index contributed by atoms with van der Waals surface area (Å²) >= 11 is 0. The molecule has 0 rings (SSSR count). The number of urea groups is 1. The smallest absolute Gasteiger partial charge is 1.00 e. The molecule has 0 fully saturated rings. The Balaban J connectivity index is -0.0000000216. The molecule has 1 unspecified atom stereocenters. The molecule has 1 atom stereocenters. The molecule has 0 aromatic carbocycles. The summed E-state index contributed by atoms with van der Waals surface area (Å²) in [6, 6.07) is -2.54. The second kappa shape index (κ2) is 17.2. The Labute approximate surface area is 187 Å². The summed E-state index contributed by atoms with van der Waals surface area (Å²) in [6.45, 7) is 0. The molecular formula is C5H12N2Na4O5. The molecular weight excluding hydrogens is 260 g/mol. The van der Waals surface area contributed by atoms with Crippen LogP contribution >= 0.6 is 0 Å². The number of aliphatic carboxylic acids is 2. The second-order valence-electron chi connectivity index (χ2n) is 2.00. The number of carboxylic acids is 2. The standard InChI is InChI=1S/C5H8N2O5.4Na.4H/c6-5(12)7-2(4(10)11)1-3(8)9;;;;;;;;/h2H,1H2,(H,8,9)(H,10,11)(H3,6,7,12);;;;;;;;/q;4*+1;4*-1. The quantitative estimate of drug-likeness (QED) is 0.378. The van der Waals surface area contributed by atoms with Crippen molar-refractivity contribution in [2.75, 3.05) is 0 Å². The van der Waals surface area contributed by atoms with Gasteiger partial charge in [-0.05, 0) is 0 Å². The first kappa shape index (κ1) is 30.9. The van der Waals surface area contributed by atoms with Crippen LogP contribution < -0.4 is 129 Å². The zero-order valence-corrected chi connectivity index (χ0v) is 18.0. The molecule has 76 valence electrons. The summed E-state index contributed by atoms with van der Waals surface area (Å²) in [4.78, 5) is 30.4. The van der Waals surface area contributed by atoms with Gasteiger partial charge in [0.15, 0.2) is 0 Å². The fourth-order valence-corrected chi connectivity index (χ4v) is 0.546. The first-order chi connectivity index (χ1) is 5.43. The van der Waals surface area contributed by atoms with Gasteiger partial charge < -0.3 is 27.0 Å². The zero-order chi connectivity index (χ0) is 9.72. The van der Waals surface area contributed by atoms with Crippen molar-refractivity contribution in [2.45, 2.75) is 12.5 Å². The topological polar surface area (TPSA) is 130 Å². The third-order valence-corrected chi connectivity index (χ3v) is 0.993. The van der Waals surface area contributed by atoms with E-state index in [9.17, 15) is 14.4 Å². The summed E-state index contributed by atoms with van der Waals surface area (Å²) in [5.41, 5.74) is 4.60. The molecule has 11 heteroatoms. The first-order valence-electron chi connectivity index (χ1n) is 2.94. The van der Waals surface area contributed by atoms with Crippen LogP contribution in [0, 0.1) is 0 Å². The number of carbonyl (C=O) groups is 3. The van der Waals surface area contributed by atoms with Gasteiger partial charge in [-0.3, -0.25) is 4.79 Å². The molecule has 0 spiro atoms.